The van der Waals surface area contributed by atoms with Gasteiger partial charge in [0, 0.05) is 5.56 Å². The monoisotopic (exact) mass is 266 g/mol. The average Bonchev–Trinajstić information content (AvgIpc) is 2.71. The Balaban J connectivity index is 2.22. The molecule has 0 unspecified atom stereocenters. The number of rotatable bonds is 5. The number of carbonyl (C=O) groups is 1. The number of para-hydroxylation sites is 1. The van der Waals surface area contributed by atoms with Gasteiger partial charge in [0.2, 0.25) is 0 Å². The molecule has 1 N–H and O–H groups in total. The van der Waals surface area contributed by atoms with Crippen molar-refractivity contribution in [2.45, 2.75) is 0 Å². The second-order valence-corrected chi connectivity index (χ2v) is 3.77. The van der Waals surface area contributed by atoms with Crippen molar-refractivity contribution in [1.29, 1.82) is 0 Å². The van der Waals surface area contributed by atoms with Crippen molar-refractivity contribution < 1.29 is 18.9 Å². The second-order valence-electron chi connectivity index (χ2n) is 3.26. The Hall–Kier alpha value is -1.83. The molecule has 0 atom stereocenters. The zero-order valence-electron chi connectivity index (χ0n) is 9.50. The van der Waals surface area contributed by atoms with E-state index in [9.17, 15) is 4.79 Å². The molecule has 1 aromatic rings. The van der Waals surface area contributed by atoms with Gasteiger partial charge in [-0.05, 0) is 6.07 Å². The summed E-state index contributed by atoms with van der Waals surface area (Å²) in [5.41, 5.74) is 2.03. The molecule has 0 spiro atoms. The van der Waals surface area contributed by atoms with Gasteiger partial charge in [-0.1, -0.05) is 29.9 Å². The molecule has 1 heterocycles. The molecule has 1 aliphatic heterocycles. The Morgan fingerprint density at radius 3 is 2.89 bits per heavy atom. The molecule has 7 heteroatoms. The summed E-state index contributed by atoms with van der Waals surface area (Å²) in [5, 5.41) is 3.70. The number of hydrogen-bond donors (Lipinski definition) is 1. The minimum absolute atomic E-state index is 0.224. The highest BCUT2D eigenvalue weighted by Gasteiger charge is 2.26. The van der Waals surface area contributed by atoms with Gasteiger partial charge in [-0.15, -0.1) is 4.33 Å². The molecule has 0 saturated carbocycles. The maximum absolute atomic E-state index is 11.2. The quantitative estimate of drug-likeness (QED) is 0.167. The fourth-order valence-corrected chi connectivity index (χ4v) is 1.75. The van der Waals surface area contributed by atoms with Crippen LogP contribution in [0.15, 0.2) is 41.6 Å². The van der Waals surface area contributed by atoms with Crippen molar-refractivity contribution in [3.63, 3.8) is 0 Å². The lowest BCUT2D eigenvalue weighted by molar-refractivity contribution is -0.159. The minimum Gasteiger partial charge on any atom is -0.312 e. The van der Waals surface area contributed by atoms with Crippen LogP contribution in [0, 0.1) is 0 Å². The number of nitrogens with one attached hydrogen (secondary N) is 1. The molecule has 0 amide bonds. The van der Waals surface area contributed by atoms with Gasteiger partial charge >= 0.3 is 5.97 Å². The first-order valence-corrected chi connectivity index (χ1v) is 5.68. The molecule has 0 saturated heterocycles. The van der Waals surface area contributed by atoms with Crippen molar-refractivity contribution in [1.82, 2.24) is 0 Å². The van der Waals surface area contributed by atoms with E-state index in [1.807, 2.05) is 12.1 Å². The van der Waals surface area contributed by atoms with Crippen LogP contribution in [-0.4, -0.2) is 18.8 Å². The normalized spacial score (nSPS) is 14.4. The van der Waals surface area contributed by atoms with Crippen LogP contribution >= 0.6 is 12.2 Å². The Morgan fingerprint density at radius 2 is 2.22 bits per heavy atom. The van der Waals surface area contributed by atoms with E-state index >= 15 is 0 Å². The van der Waals surface area contributed by atoms with E-state index in [1.54, 1.807) is 12.1 Å². The maximum atomic E-state index is 11.2. The SMILES string of the molecule is C=C1C(=O)ON=C1c1ccccc1NSOOC. The van der Waals surface area contributed by atoms with Gasteiger partial charge in [-0.3, -0.25) is 0 Å². The maximum Gasteiger partial charge on any atom is 0.367 e. The number of hydrogen-bond acceptors (Lipinski definition) is 7. The largest absolute Gasteiger partial charge is 0.367 e. The molecule has 0 aromatic heterocycles. The van der Waals surface area contributed by atoms with Crippen molar-refractivity contribution in [2.75, 3.05) is 11.8 Å². The first-order chi connectivity index (χ1) is 8.74. The highest BCUT2D eigenvalue weighted by molar-refractivity contribution is 7.95. The van der Waals surface area contributed by atoms with Gasteiger partial charge in [0.1, 0.15) is 17.9 Å². The zero-order valence-corrected chi connectivity index (χ0v) is 10.3. The molecule has 18 heavy (non-hydrogen) atoms. The number of carbonyl (C=O) groups excluding carboxylic acids is 1. The first kappa shape index (κ1) is 12.6. The molecular weight excluding hydrogens is 256 g/mol. The third-order valence-corrected chi connectivity index (χ3v) is 2.70. The molecule has 6 nitrogen and oxygen atoms in total. The Bertz CT molecular complexity index is 516. The van der Waals surface area contributed by atoms with Crippen LogP contribution in [0.4, 0.5) is 5.69 Å². The van der Waals surface area contributed by atoms with Gasteiger partial charge < -0.3 is 9.56 Å². The van der Waals surface area contributed by atoms with Gasteiger partial charge in [-0.25, -0.2) is 9.68 Å². The molecule has 94 valence electrons. The number of oxime groups is 1. The smallest absolute Gasteiger partial charge is 0.312 e. The topological polar surface area (TPSA) is 69.2 Å². The first-order valence-electron chi connectivity index (χ1n) is 4.94. The summed E-state index contributed by atoms with van der Waals surface area (Å²) in [6, 6.07) is 7.25. The number of anilines is 1. The van der Waals surface area contributed by atoms with E-state index in [2.05, 4.69) is 30.5 Å². The summed E-state index contributed by atoms with van der Waals surface area (Å²) in [5.74, 6) is -0.541. The minimum atomic E-state index is -0.541. The lowest BCUT2D eigenvalue weighted by Crippen LogP contribution is -2.07. The van der Waals surface area contributed by atoms with Crippen LogP contribution in [-0.2, 0) is 18.9 Å². The van der Waals surface area contributed by atoms with Crippen LogP contribution in [0.1, 0.15) is 5.56 Å². The molecular formula is C11H10N2O4S. The van der Waals surface area contributed by atoms with Crippen LogP contribution in [0.2, 0.25) is 0 Å². The predicted octanol–water partition coefficient (Wildman–Crippen LogP) is 2.06. The van der Waals surface area contributed by atoms with Crippen molar-refractivity contribution in [3.05, 3.63) is 42.0 Å². The predicted molar refractivity (Wildman–Crippen MR) is 67.5 cm³/mol. The van der Waals surface area contributed by atoms with E-state index in [-0.39, 0.29) is 5.57 Å². The highest BCUT2D eigenvalue weighted by Crippen LogP contribution is 2.25. The van der Waals surface area contributed by atoms with E-state index in [0.29, 0.717) is 17.0 Å². The lowest BCUT2D eigenvalue weighted by atomic mass is 10.0. The fourth-order valence-electron chi connectivity index (χ4n) is 1.38. The van der Waals surface area contributed by atoms with Crippen molar-refractivity contribution in [2.24, 2.45) is 5.16 Å². The van der Waals surface area contributed by atoms with E-state index in [4.69, 9.17) is 0 Å². The highest BCUT2D eigenvalue weighted by atomic mass is 32.2. The Morgan fingerprint density at radius 1 is 1.44 bits per heavy atom. The summed E-state index contributed by atoms with van der Waals surface area (Å²) in [6.07, 6.45) is 0. The fraction of sp³-hybridized carbons (Fsp3) is 0.0909. The van der Waals surface area contributed by atoms with Crippen molar-refractivity contribution >= 4 is 29.6 Å². The third kappa shape index (κ3) is 2.53. The van der Waals surface area contributed by atoms with Crippen LogP contribution in [0.3, 0.4) is 0 Å². The summed E-state index contributed by atoms with van der Waals surface area (Å²) in [7, 11) is 1.40. The summed E-state index contributed by atoms with van der Waals surface area (Å²) < 4.78 is 7.56. The van der Waals surface area contributed by atoms with Crippen LogP contribution in [0.25, 0.3) is 0 Å². The average molecular weight is 266 g/mol. The summed E-state index contributed by atoms with van der Waals surface area (Å²) in [6.45, 7) is 3.63. The Labute approximate surface area is 108 Å². The lowest BCUT2D eigenvalue weighted by Gasteiger charge is -2.08. The van der Waals surface area contributed by atoms with E-state index in [1.165, 1.54) is 7.11 Å². The van der Waals surface area contributed by atoms with Gasteiger partial charge in [0.15, 0.2) is 0 Å². The van der Waals surface area contributed by atoms with Crippen molar-refractivity contribution in [3.8, 4) is 0 Å². The second kappa shape index (κ2) is 5.67. The molecule has 0 bridgehead atoms. The third-order valence-electron chi connectivity index (χ3n) is 2.19. The van der Waals surface area contributed by atoms with E-state index < -0.39 is 5.97 Å². The summed E-state index contributed by atoms with van der Waals surface area (Å²) >= 11 is 0.899. The molecule has 0 fully saturated rings. The van der Waals surface area contributed by atoms with Gasteiger partial charge in [0.25, 0.3) is 0 Å². The van der Waals surface area contributed by atoms with E-state index in [0.717, 1.165) is 12.2 Å². The molecule has 0 aliphatic carbocycles. The van der Waals surface area contributed by atoms with Gasteiger partial charge in [0.05, 0.1) is 18.4 Å². The van der Waals surface area contributed by atoms with Crippen LogP contribution < -0.4 is 4.72 Å². The molecule has 0 radical (unpaired) electrons. The summed E-state index contributed by atoms with van der Waals surface area (Å²) in [4.78, 5) is 20.2. The zero-order chi connectivity index (χ0) is 13.0. The molecule has 1 aliphatic rings. The number of benzene rings is 1. The number of nitrogens with zero attached hydrogens (tertiary/aromatic N) is 1. The Kier molecular flexibility index (Phi) is 3.98. The molecule has 2 rings (SSSR count). The van der Waals surface area contributed by atoms with Gasteiger partial charge in [-0.2, -0.15) is 0 Å². The van der Waals surface area contributed by atoms with Crippen LogP contribution in [0.5, 0.6) is 0 Å². The molecule has 1 aromatic carbocycles. The standard InChI is InChI=1S/C11H10N2O4S/c1-7-10(12-16-11(7)14)8-5-3-4-6-9(8)13-18-17-15-2/h3-6,13H,1H2,2H3.